The first-order valence-corrected chi connectivity index (χ1v) is 7.93. The van der Waals surface area contributed by atoms with Gasteiger partial charge in [0.05, 0.1) is 12.7 Å². The standard InChI is InChI=1S/C17H22N4O2/c1-13-10-14(19-12-18-13)5-6-15-11-21(8-9-23-15)17(22)16-4-3-7-20(16)2/h3-4,7,10,12,15H,5-6,8-9,11H2,1-2H3/t15-/m0/s1. The van der Waals surface area contributed by atoms with Crippen molar-refractivity contribution in [3.8, 4) is 0 Å². The van der Waals surface area contributed by atoms with E-state index in [9.17, 15) is 4.79 Å². The van der Waals surface area contributed by atoms with Gasteiger partial charge in [-0.2, -0.15) is 0 Å². The van der Waals surface area contributed by atoms with Crippen molar-refractivity contribution in [2.75, 3.05) is 19.7 Å². The van der Waals surface area contributed by atoms with Gasteiger partial charge in [-0.1, -0.05) is 0 Å². The first kappa shape index (κ1) is 15.7. The number of amides is 1. The van der Waals surface area contributed by atoms with E-state index in [1.807, 2.05) is 47.8 Å². The Morgan fingerprint density at radius 3 is 3.04 bits per heavy atom. The van der Waals surface area contributed by atoms with Crippen molar-refractivity contribution >= 4 is 5.91 Å². The van der Waals surface area contributed by atoms with Crippen LogP contribution in [0.25, 0.3) is 0 Å². The van der Waals surface area contributed by atoms with Crippen molar-refractivity contribution in [2.45, 2.75) is 25.9 Å². The normalized spacial score (nSPS) is 18.2. The molecule has 122 valence electrons. The molecule has 3 rings (SSSR count). The predicted molar refractivity (Wildman–Crippen MR) is 86.1 cm³/mol. The van der Waals surface area contributed by atoms with Crippen LogP contribution in [0.2, 0.25) is 0 Å². The van der Waals surface area contributed by atoms with E-state index in [4.69, 9.17) is 4.74 Å². The van der Waals surface area contributed by atoms with Crippen LogP contribution in [-0.4, -0.2) is 51.1 Å². The molecule has 1 saturated heterocycles. The van der Waals surface area contributed by atoms with Gasteiger partial charge in [0.2, 0.25) is 0 Å². The highest BCUT2D eigenvalue weighted by atomic mass is 16.5. The van der Waals surface area contributed by atoms with Gasteiger partial charge >= 0.3 is 0 Å². The summed E-state index contributed by atoms with van der Waals surface area (Å²) in [7, 11) is 1.89. The average Bonchev–Trinajstić information content (AvgIpc) is 2.99. The zero-order chi connectivity index (χ0) is 16.2. The maximum atomic E-state index is 12.6. The van der Waals surface area contributed by atoms with Crippen molar-refractivity contribution in [1.82, 2.24) is 19.4 Å². The Bertz CT molecular complexity index is 683. The van der Waals surface area contributed by atoms with Gasteiger partial charge in [-0.25, -0.2) is 9.97 Å². The number of ether oxygens (including phenoxy) is 1. The van der Waals surface area contributed by atoms with E-state index in [-0.39, 0.29) is 12.0 Å². The number of morpholine rings is 1. The molecule has 1 fully saturated rings. The molecule has 0 spiro atoms. The largest absolute Gasteiger partial charge is 0.375 e. The summed E-state index contributed by atoms with van der Waals surface area (Å²) in [5, 5.41) is 0. The first-order valence-electron chi connectivity index (χ1n) is 7.93. The fraction of sp³-hybridized carbons (Fsp3) is 0.471. The number of hydrogen-bond donors (Lipinski definition) is 0. The van der Waals surface area contributed by atoms with Crippen LogP contribution in [0.4, 0.5) is 0 Å². The van der Waals surface area contributed by atoms with Crippen LogP contribution in [0.5, 0.6) is 0 Å². The first-order chi connectivity index (χ1) is 11.1. The number of carbonyl (C=O) groups is 1. The second-order valence-electron chi connectivity index (χ2n) is 5.94. The Labute approximate surface area is 136 Å². The minimum atomic E-state index is 0.0586. The summed E-state index contributed by atoms with van der Waals surface area (Å²) in [6.07, 6.45) is 5.23. The summed E-state index contributed by atoms with van der Waals surface area (Å²) in [6, 6.07) is 5.74. The molecule has 2 aromatic rings. The molecule has 3 heterocycles. The zero-order valence-electron chi connectivity index (χ0n) is 13.6. The minimum Gasteiger partial charge on any atom is -0.375 e. The van der Waals surface area contributed by atoms with Crippen molar-refractivity contribution in [3.63, 3.8) is 0 Å². The van der Waals surface area contributed by atoms with E-state index in [0.29, 0.717) is 19.7 Å². The molecule has 1 aliphatic rings. The number of carbonyl (C=O) groups excluding carboxylic acids is 1. The van der Waals surface area contributed by atoms with E-state index < -0.39 is 0 Å². The van der Waals surface area contributed by atoms with E-state index in [1.54, 1.807) is 6.33 Å². The maximum absolute atomic E-state index is 12.6. The van der Waals surface area contributed by atoms with Crippen molar-refractivity contribution in [3.05, 3.63) is 47.8 Å². The molecule has 1 aliphatic heterocycles. The molecule has 6 nitrogen and oxygen atoms in total. The highest BCUT2D eigenvalue weighted by molar-refractivity contribution is 5.92. The van der Waals surface area contributed by atoms with Gasteiger partial charge in [0.15, 0.2) is 0 Å². The molecular weight excluding hydrogens is 292 g/mol. The molecule has 23 heavy (non-hydrogen) atoms. The number of hydrogen-bond acceptors (Lipinski definition) is 4. The average molecular weight is 314 g/mol. The van der Waals surface area contributed by atoms with Crippen LogP contribution in [0.1, 0.15) is 28.3 Å². The van der Waals surface area contributed by atoms with Crippen LogP contribution >= 0.6 is 0 Å². The lowest BCUT2D eigenvalue weighted by molar-refractivity contribution is -0.0249. The Hall–Kier alpha value is -2.21. The molecule has 0 bridgehead atoms. The van der Waals surface area contributed by atoms with Gasteiger partial charge in [-0.05, 0) is 38.0 Å². The molecule has 0 saturated carbocycles. The lowest BCUT2D eigenvalue weighted by Crippen LogP contribution is -2.46. The molecular formula is C17H22N4O2. The fourth-order valence-corrected chi connectivity index (χ4v) is 2.88. The summed E-state index contributed by atoms with van der Waals surface area (Å²) in [6.45, 7) is 3.83. The summed E-state index contributed by atoms with van der Waals surface area (Å²) < 4.78 is 7.67. The molecule has 1 atom stereocenters. The number of rotatable bonds is 4. The van der Waals surface area contributed by atoms with Gasteiger partial charge in [0, 0.05) is 37.7 Å². The molecule has 0 unspecified atom stereocenters. The van der Waals surface area contributed by atoms with E-state index in [0.717, 1.165) is 29.9 Å². The Balaban J connectivity index is 1.58. The highest BCUT2D eigenvalue weighted by Crippen LogP contribution is 2.15. The van der Waals surface area contributed by atoms with Crippen LogP contribution in [0, 0.1) is 6.92 Å². The van der Waals surface area contributed by atoms with Crippen LogP contribution in [0.3, 0.4) is 0 Å². The third-order valence-corrected chi connectivity index (χ3v) is 4.17. The third-order valence-electron chi connectivity index (χ3n) is 4.17. The van der Waals surface area contributed by atoms with Crippen LogP contribution in [0.15, 0.2) is 30.7 Å². The molecule has 1 amide bonds. The Morgan fingerprint density at radius 1 is 1.43 bits per heavy atom. The van der Waals surface area contributed by atoms with Crippen molar-refractivity contribution < 1.29 is 9.53 Å². The molecule has 0 aromatic carbocycles. The van der Waals surface area contributed by atoms with E-state index in [2.05, 4.69) is 9.97 Å². The van der Waals surface area contributed by atoms with E-state index in [1.165, 1.54) is 0 Å². The van der Waals surface area contributed by atoms with Crippen molar-refractivity contribution in [1.29, 1.82) is 0 Å². The predicted octanol–water partition coefficient (Wildman–Crippen LogP) is 1.60. The highest BCUT2D eigenvalue weighted by Gasteiger charge is 2.26. The van der Waals surface area contributed by atoms with Gasteiger partial charge in [-0.3, -0.25) is 4.79 Å². The quantitative estimate of drug-likeness (QED) is 0.860. The summed E-state index contributed by atoms with van der Waals surface area (Å²) >= 11 is 0. The van der Waals surface area contributed by atoms with Crippen molar-refractivity contribution in [2.24, 2.45) is 7.05 Å². The molecule has 2 aromatic heterocycles. The lowest BCUT2D eigenvalue weighted by atomic mass is 10.1. The lowest BCUT2D eigenvalue weighted by Gasteiger charge is -2.33. The van der Waals surface area contributed by atoms with Gasteiger partial charge in [0.25, 0.3) is 5.91 Å². The second kappa shape index (κ2) is 6.91. The third kappa shape index (κ3) is 3.76. The topological polar surface area (TPSA) is 60.2 Å². The molecule has 0 N–H and O–H groups in total. The maximum Gasteiger partial charge on any atom is 0.270 e. The molecule has 0 radical (unpaired) electrons. The monoisotopic (exact) mass is 314 g/mol. The second-order valence-corrected chi connectivity index (χ2v) is 5.94. The molecule has 0 aliphatic carbocycles. The van der Waals surface area contributed by atoms with E-state index >= 15 is 0 Å². The van der Waals surface area contributed by atoms with Crippen LogP contribution < -0.4 is 0 Å². The summed E-state index contributed by atoms with van der Waals surface area (Å²) in [5.74, 6) is 0.0729. The Morgan fingerprint density at radius 2 is 2.30 bits per heavy atom. The number of nitrogens with zero attached hydrogens (tertiary/aromatic N) is 4. The fourth-order valence-electron chi connectivity index (χ4n) is 2.88. The zero-order valence-corrected chi connectivity index (χ0v) is 13.6. The number of aryl methyl sites for hydroxylation is 3. The SMILES string of the molecule is Cc1cc(CC[C@H]2CN(C(=O)c3cccn3C)CCO2)ncn1. The van der Waals surface area contributed by atoms with Crippen LogP contribution in [-0.2, 0) is 18.2 Å². The molecule has 6 heteroatoms. The van der Waals surface area contributed by atoms with Gasteiger partial charge in [0.1, 0.15) is 12.0 Å². The van der Waals surface area contributed by atoms with Gasteiger partial charge < -0.3 is 14.2 Å². The van der Waals surface area contributed by atoms with Gasteiger partial charge in [-0.15, -0.1) is 0 Å². The Kier molecular flexibility index (Phi) is 4.71. The smallest absolute Gasteiger partial charge is 0.270 e. The minimum absolute atomic E-state index is 0.0586. The summed E-state index contributed by atoms with van der Waals surface area (Å²) in [5.41, 5.74) is 2.71. The summed E-state index contributed by atoms with van der Waals surface area (Å²) in [4.78, 5) is 22.8. The number of aromatic nitrogens is 3.